The predicted molar refractivity (Wildman–Crippen MR) is 71.6 cm³/mol. The van der Waals surface area contributed by atoms with E-state index in [2.05, 4.69) is 4.40 Å². The maximum absolute atomic E-state index is 11.5. The number of allylic oxidation sites excluding steroid dienone is 1. The second-order valence-corrected chi connectivity index (χ2v) is 5.30. The van der Waals surface area contributed by atoms with Gasteiger partial charge in [-0.2, -0.15) is 0 Å². The SMILES string of the molecule is [CH-]=C(C)/C(CN(C)c1c(C)c(=O)c1=O)=C(/C)[CH]=[W]. The Labute approximate surface area is 118 Å². The van der Waals surface area contributed by atoms with E-state index in [1.807, 2.05) is 20.9 Å². The number of anilines is 1. The molecule has 0 bridgehead atoms. The fraction of sp³-hybridized carbons (Fsp3) is 0.357. The van der Waals surface area contributed by atoms with E-state index in [0.29, 0.717) is 17.8 Å². The molecule has 0 saturated heterocycles. The molecule has 0 fully saturated rings. The third kappa shape index (κ3) is 2.67. The fourth-order valence-corrected chi connectivity index (χ4v) is 2.41. The van der Waals surface area contributed by atoms with Crippen molar-refractivity contribution in [2.45, 2.75) is 20.8 Å². The normalized spacial score (nSPS) is 12.2. The number of hydrogen-bond donors (Lipinski definition) is 0. The van der Waals surface area contributed by atoms with Crippen LogP contribution in [0.5, 0.6) is 0 Å². The third-order valence-electron chi connectivity index (χ3n) is 3.02. The van der Waals surface area contributed by atoms with Crippen LogP contribution in [0.3, 0.4) is 0 Å². The molecule has 1 aromatic rings. The van der Waals surface area contributed by atoms with Crippen LogP contribution in [0.15, 0.2) is 26.3 Å². The molecule has 0 aliphatic heterocycles. The van der Waals surface area contributed by atoms with Crippen molar-refractivity contribution < 1.29 is 19.4 Å². The van der Waals surface area contributed by atoms with Crippen LogP contribution in [-0.4, -0.2) is 18.0 Å². The van der Waals surface area contributed by atoms with Gasteiger partial charge in [0.25, 0.3) is 0 Å². The Bertz CT molecular complexity index is 604. The first-order valence-corrected chi connectivity index (χ1v) is 7.26. The summed E-state index contributed by atoms with van der Waals surface area (Å²) in [5, 5.41) is 0. The molecule has 4 heteroatoms. The van der Waals surface area contributed by atoms with Crippen molar-refractivity contribution in [3.8, 4) is 0 Å². The molecule has 0 atom stereocenters. The molecule has 3 nitrogen and oxygen atoms in total. The second kappa shape index (κ2) is 5.71. The molecule has 0 heterocycles. The zero-order chi connectivity index (χ0) is 14.0. The molecule has 0 radical (unpaired) electrons. The van der Waals surface area contributed by atoms with Gasteiger partial charge in [0, 0.05) is 0 Å². The van der Waals surface area contributed by atoms with Crippen molar-refractivity contribution >= 4 is 10.1 Å². The van der Waals surface area contributed by atoms with Crippen molar-refractivity contribution in [2.24, 2.45) is 0 Å². The molecule has 0 aromatic heterocycles. The van der Waals surface area contributed by atoms with Gasteiger partial charge in [-0.25, -0.2) is 0 Å². The van der Waals surface area contributed by atoms with Crippen molar-refractivity contribution in [3.05, 3.63) is 49.3 Å². The van der Waals surface area contributed by atoms with Gasteiger partial charge in [0.05, 0.1) is 0 Å². The number of nitrogens with zero attached hydrogens (tertiary/aromatic N) is 1. The number of rotatable bonds is 5. The monoisotopic (exact) mass is 414 g/mol. The molecular weight excluding hydrogens is 398 g/mol. The average molecular weight is 414 g/mol. The van der Waals surface area contributed by atoms with Crippen molar-refractivity contribution in [3.63, 3.8) is 0 Å². The standard InChI is InChI=1S/C14H16NO2.W/c1-8(2)11(9(3)4)7-15(6)12-10(5)13(16)14(12)17;/h1,3H,7H2,2,4-6H3;/q-1;/b11-8+;. The summed E-state index contributed by atoms with van der Waals surface area (Å²) < 4.78 is 2.06. The van der Waals surface area contributed by atoms with Crippen LogP contribution < -0.4 is 15.8 Å². The zero-order valence-corrected chi connectivity index (χ0v) is 14.0. The molecule has 0 unspecified atom stereocenters. The number of hydrogen-bond acceptors (Lipinski definition) is 3. The van der Waals surface area contributed by atoms with E-state index >= 15 is 0 Å². The zero-order valence-electron chi connectivity index (χ0n) is 11.0. The first-order chi connectivity index (χ1) is 8.31. The summed E-state index contributed by atoms with van der Waals surface area (Å²) >= 11 is 1.36. The Morgan fingerprint density at radius 3 is 2.28 bits per heavy atom. The van der Waals surface area contributed by atoms with E-state index in [4.69, 9.17) is 6.58 Å². The number of likely N-dealkylation sites (N-methyl/N-ethyl adjacent to an activating group) is 1. The molecule has 1 rings (SSSR count). The molecular formula is C14H16NO2W-. The molecule has 0 aliphatic rings. The van der Waals surface area contributed by atoms with E-state index in [9.17, 15) is 9.59 Å². The molecule has 18 heavy (non-hydrogen) atoms. The Morgan fingerprint density at radius 1 is 1.33 bits per heavy atom. The second-order valence-electron chi connectivity index (χ2n) is 4.45. The van der Waals surface area contributed by atoms with Gasteiger partial charge in [0.1, 0.15) is 0 Å². The van der Waals surface area contributed by atoms with Crippen LogP contribution in [0.4, 0.5) is 5.69 Å². The summed E-state index contributed by atoms with van der Waals surface area (Å²) in [6.07, 6.45) is 0. The van der Waals surface area contributed by atoms with E-state index in [0.717, 1.165) is 16.7 Å². The third-order valence-corrected chi connectivity index (χ3v) is 4.29. The first kappa shape index (κ1) is 15.0. The molecule has 96 valence electrons. The van der Waals surface area contributed by atoms with Crippen molar-refractivity contribution in [1.82, 2.24) is 0 Å². The molecule has 0 saturated carbocycles. The van der Waals surface area contributed by atoms with Crippen molar-refractivity contribution in [2.75, 3.05) is 18.5 Å². The predicted octanol–water partition coefficient (Wildman–Crippen LogP) is 1.07. The van der Waals surface area contributed by atoms with E-state index < -0.39 is 5.43 Å². The van der Waals surface area contributed by atoms with Crippen LogP contribution >= 0.6 is 0 Å². The molecule has 0 amide bonds. The topological polar surface area (TPSA) is 37.4 Å². The van der Waals surface area contributed by atoms with Gasteiger partial charge < -0.3 is 0 Å². The van der Waals surface area contributed by atoms with Gasteiger partial charge in [0.2, 0.25) is 0 Å². The summed E-state index contributed by atoms with van der Waals surface area (Å²) in [6.45, 7) is 11.9. The van der Waals surface area contributed by atoms with Gasteiger partial charge in [-0.15, -0.1) is 0 Å². The quantitative estimate of drug-likeness (QED) is 0.411. The van der Waals surface area contributed by atoms with E-state index in [1.54, 1.807) is 11.8 Å². The van der Waals surface area contributed by atoms with Gasteiger partial charge in [-0.05, 0) is 0 Å². The van der Waals surface area contributed by atoms with Crippen LogP contribution in [0, 0.1) is 13.5 Å². The van der Waals surface area contributed by atoms with Gasteiger partial charge in [-0.1, -0.05) is 0 Å². The summed E-state index contributed by atoms with van der Waals surface area (Å²) in [7, 11) is 1.81. The first-order valence-electron chi connectivity index (χ1n) is 5.56. The summed E-state index contributed by atoms with van der Waals surface area (Å²) in [5.41, 5.74) is 3.16. The molecule has 0 N–H and O–H groups in total. The Balaban J connectivity index is 3.05. The van der Waals surface area contributed by atoms with Crippen LogP contribution in [-0.2, 0) is 19.4 Å². The van der Waals surface area contributed by atoms with Crippen LogP contribution in [0.1, 0.15) is 19.4 Å². The molecule has 0 aliphatic carbocycles. The van der Waals surface area contributed by atoms with Gasteiger partial charge >= 0.3 is 118 Å². The van der Waals surface area contributed by atoms with Gasteiger partial charge in [-0.3, -0.25) is 0 Å². The van der Waals surface area contributed by atoms with Crippen molar-refractivity contribution in [1.29, 1.82) is 0 Å². The Morgan fingerprint density at radius 2 is 1.89 bits per heavy atom. The van der Waals surface area contributed by atoms with Crippen LogP contribution in [0.2, 0.25) is 0 Å². The van der Waals surface area contributed by atoms with Crippen LogP contribution in [0.25, 0.3) is 0 Å². The summed E-state index contributed by atoms with van der Waals surface area (Å²) in [5.74, 6) is 0. The molecule has 0 spiro atoms. The van der Waals surface area contributed by atoms with E-state index in [-0.39, 0.29) is 5.43 Å². The summed E-state index contributed by atoms with van der Waals surface area (Å²) in [4.78, 5) is 24.5. The van der Waals surface area contributed by atoms with Gasteiger partial charge in [0.15, 0.2) is 0 Å². The average Bonchev–Trinajstić information content (AvgIpc) is 2.34. The van der Waals surface area contributed by atoms with E-state index in [1.165, 1.54) is 19.4 Å². The summed E-state index contributed by atoms with van der Waals surface area (Å²) in [6, 6.07) is 0. The maximum atomic E-state index is 11.5. The minimum atomic E-state index is -0.396. The fourth-order valence-electron chi connectivity index (χ4n) is 1.90. The Hall–Kier alpha value is -1.08. The Kier molecular flexibility index (Phi) is 4.75. The molecule has 1 aromatic carbocycles. The minimum absolute atomic E-state index is 0.376.